The summed E-state index contributed by atoms with van der Waals surface area (Å²) in [6, 6.07) is 13.2. The summed E-state index contributed by atoms with van der Waals surface area (Å²) >= 11 is 1.59. The standard InChI is InChI=1S/C19H21NO4S/c1-24-19(23)17(10-11-25-2)20-18(22)15-9-8-14(21)12-16(15)13-6-4-3-5-7-13/h3-9,12,17,21H,10-11H2,1-2H3,(H,20,22)/t17-/m0/s1. The molecule has 0 fully saturated rings. The number of rotatable bonds is 7. The molecule has 0 unspecified atom stereocenters. The number of aromatic hydroxyl groups is 1. The molecule has 0 radical (unpaired) electrons. The number of carbonyl (C=O) groups is 2. The van der Waals surface area contributed by atoms with Gasteiger partial charge in [0.1, 0.15) is 11.8 Å². The molecule has 0 spiro atoms. The van der Waals surface area contributed by atoms with E-state index < -0.39 is 12.0 Å². The van der Waals surface area contributed by atoms with Gasteiger partial charge in [-0.1, -0.05) is 30.3 Å². The van der Waals surface area contributed by atoms with Crippen molar-refractivity contribution in [1.82, 2.24) is 5.32 Å². The summed E-state index contributed by atoms with van der Waals surface area (Å²) in [6.45, 7) is 0. The van der Waals surface area contributed by atoms with E-state index in [2.05, 4.69) is 5.32 Å². The molecule has 0 saturated heterocycles. The zero-order chi connectivity index (χ0) is 18.2. The first kappa shape index (κ1) is 18.9. The van der Waals surface area contributed by atoms with Crippen LogP contribution in [0, 0.1) is 0 Å². The molecule has 0 heterocycles. The third-order valence-corrected chi connectivity index (χ3v) is 4.38. The number of esters is 1. The minimum absolute atomic E-state index is 0.0716. The number of ether oxygens (including phenoxy) is 1. The van der Waals surface area contributed by atoms with Gasteiger partial charge in [-0.15, -0.1) is 0 Å². The van der Waals surface area contributed by atoms with Gasteiger partial charge in [0.15, 0.2) is 0 Å². The van der Waals surface area contributed by atoms with Gasteiger partial charge in [-0.05, 0) is 47.8 Å². The molecule has 132 valence electrons. The van der Waals surface area contributed by atoms with E-state index in [0.717, 1.165) is 11.3 Å². The van der Waals surface area contributed by atoms with Crippen molar-refractivity contribution in [2.75, 3.05) is 19.1 Å². The van der Waals surface area contributed by atoms with Gasteiger partial charge in [0.25, 0.3) is 5.91 Å². The highest BCUT2D eigenvalue weighted by Gasteiger charge is 2.23. The Bertz CT molecular complexity index is 733. The van der Waals surface area contributed by atoms with E-state index in [1.807, 2.05) is 36.6 Å². The molecule has 0 aliphatic heterocycles. The predicted octanol–water partition coefficient (Wildman–Crippen LogP) is 3.08. The molecule has 5 nitrogen and oxygen atoms in total. The third-order valence-electron chi connectivity index (χ3n) is 3.73. The molecule has 6 heteroatoms. The van der Waals surface area contributed by atoms with E-state index in [0.29, 0.717) is 17.5 Å². The zero-order valence-corrected chi connectivity index (χ0v) is 15.0. The van der Waals surface area contributed by atoms with Gasteiger partial charge >= 0.3 is 5.97 Å². The van der Waals surface area contributed by atoms with Gasteiger partial charge in [0.05, 0.1) is 7.11 Å². The van der Waals surface area contributed by atoms with Gasteiger partial charge in [-0.2, -0.15) is 11.8 Å². The fourth-order valence-corrected chi connectivity index (χ4v) is 2.92. The van der Waals surface area contributed by atoms with Crippen molar-refractivity contribution in [1.29, 1.82) is 0 Å². The number of hydrogen-bond acceptors (Lipinski definition) is 5. The molecule has 0 aliphatic rings. The molecule has 1 amide bonds. The lowest BCUT2D eigenvalue weighted by atomic mass is 9.98. The van der Waals surface area contributed by atoms with Crippen LogP contribution in [0.3, 0.4) is 0 Å². The predicted molar refractivity (Wildman–Crippen MR) is 99.8 cm³/mol. The first-order valence-corrected chi connectivity index (χ1v) is 9.22. The van der Waals surface area contributed by atoms with Crippen molar-refractivity contribution in [2.45, 2.75) is 12.5 Å². The molecule has 2 rings (SSSR count). The van der Waals surface area contributed by atoms with Crippen molar-refractivity contribution in [2.24, 2.45) is 0 Å². The van der Waals surface area contributed by atoms with Crippen LogP contribution in [0.2, 0.25) is 0 Å². The first-order chi connectivity index (χ1) is 12.1. The highest BCUT2D eigenvalue weighted by Crippen LogP contribution is 2.27. The number of benzene rings is 2. The van der Waals surface area contributed by atoms with E-state index in [4.69, 9.17) is 4.74 Å². The molecule has 2 N–H and O–H groups in total. The lowest BCUT2D eigenvalue weighted by Gasteiger charge is -2.17. The van der Waals surface area contributed by atoms with Crippen molar-refractivity contribution in [3.05, 3.63) is 54.1 Å². The summed E-state index contributed by atoms with van der Waals surface area (Å²) in [5.41, 5.74) is 1.80. The molecule has 0 bridgehead atoms. The maximum Gasteiger partial charge on any atom is 0.328 e. The second kappa shape index (κ2) is 9.13. The molecule has 0 aliphatic carbocycles. The maximum atomic E-state index is 12.7. The number of hydrogen-bond donors (Lipinski definition) is 2. The second-order valence-electron chi connectivity index (χ2n) is 5.43. The summed E-state index contributed by atoms with van der Waals surface area (Å²) in [7, 11) is 1.30. The first-order valence-electron chi connectivity index (χ1n) is 7.83. The van der Waals surface area contributed by atoms with Crippen LogP contribution in [-0.4, -0.2) is 42.1 Å². The number of phenolic OH excluding ortho intramolecular Hbond substituents is 1. The Morgan fingerprint density at radius 2 is 1.92 bits per heavy atom. The van der Waals surface area contributed by atoms with Crippen LogP contribution in [0.5, 0.6) is 5.75 Å². The highest BCUT2D eigenvalue weighted by molar-refractivity contribution is 7.98. The van der Waals surface area contributed by atoms with Crippen LogP contribution in [0.4, 0.5) is 0 Å². The van der Waals surface area contributed by atoms with Gasteiger partial charge in [-0.3, -0.25) is 4.79 Å². The smallest absolute Gasteiger partial charge is 0.328 e. The Kier molecular flexibility index (Phi) is 6.89. The minimum atomic E-state index is -0.706. The largest absolute Gasteiger partial charge is 0.508 e. The highest BCUT2D eigenvalue weighted by atomic mass is 32.2. The summed E-state index contributed by atoms with van der Waals surface area (Å²) in [5, 5.41) is 12.5. The van der Waals surface area contributed by atoms with Crippen LogP contribution in [0.25, 0.3) is 11.1 Å². The average Bonchev–Trinajstić information content (AvgIpc) is 2.64. The second-order valence-corrected chi connectivity index (χ2v) is 6.41. The quantitative estimate of drug-likeness (QED) is 0.743. The Morgan fingerprint density at radius 1 is 1.20 bits per heavy atom. The van der Waals surface area contributed by atoms with Gasteiger partial charge in [0.2, 0.25) is 0 Å². The number of phenols is 1. The molecule has 0 saturated carbocycles. The Morgan fingerprint density at radius 3 is 2.56 bits per heavy atom. The molecule has 2 aromatic carbocycles. The van der Waals surface area contributed by atoms with E-state index >= 15 is 0 Å². The molecular weight excluding hydrogens is 338 g/mol. The fourth-order valence-electron chi connectivity index (χ4n) is 2.45. The summed E-state index contributed by atoms with van der Waals surface area (Å²) in [6.07, 6.45) is 2.42. The van der Waals surface area contributed by atoms with E-state index in [1.54, 1.807) is 23.9 Å². The Balaban J connectivity index is 2.30. The third kappa shape index (κ3) is 5.00. The molecule has 2 aromatic rings. The molecular formula is C19H21NO4S. The van der Waals surface area contributed by atoms with Gasteiger partial charge in [0, 0.05) is 5.56 Å². The van der Waals surface area contributed by atoms with Crippen molar-refractivity contribution < 1.29 is 19.4 Å². The van der Waals surface area contributed by atoms with Gasteiger partial charge < -0.3 is 15.2 Å². The average molecular weight is 359 g/mol. The summed E-state index contributed by atoms with van der Waals surface area (Å²) in [4.78, 5) is 24.6. The number of nitrogens with one attached hydrogen (secondary N) is 1. The van der Waals surface area contributed by atoms with Gasteiger partial charge in [-0.25, -0.2) is 4.79 Å². The number of methoxy groups -OCH3 is 1. The lowest BCUT2D eigenvalue weighted by Crippen LogP contribution is -2.42. The molecule has 0 aromatic heterocycles. The molecule has 25 heavy (non-hydrogen) atoms. The van der Waals surface area contributed by atoms with Crippen molar-refractivity contribution >= 4 is 23.6 Å². The lowest BCUT2D eigenvalue weighted by molar-refractivity contribution is -0.142. The number of thioether (sulfide) groups is 1. The maximum absolute atomic E-state index is 12.7. The van der Waals surface area contributed by atoms with E-state index in [-0.39, 0.29) is 11.7 Å². The Hall–Kier alpha value is -2.47. The van der Waals surface area contributed by atoms with Crippen LogP contribution >= 0.6 is 11.8 Å². The normalized spacial score (nSPS) is 11.6. The topological polar surface area (TPSA) is 75.6 Å². The monoisotopic (exact) mass is 359 g/mol. The Labute approximate surface area is 151 Å². The van der Waals surface area contributed by atoms with Crippen LogP contribution in [0.15, 0.2) is 48.5 Å². The molecule has 1 atom stereocenters. The summed E-state index contributed by atoms with van der Waals surface area (Å²) in [5.74, 6) is -0.0543. The minimum Gasteiger partial charge on any atom is -0.508 e. The van der Waals surface area contributed by atoms with Crippen molar-refractivity contribution in [3.8, 4) is 16.9 Å². The van der Waals surface area contributed by atoms with Crippen molar-refractivity contribution in [3.63, 3.8) is 0 Å². The number of amides is 1. The van der Waals surface area contributed by atoms with Crippen LogP contribution in [-0.2, 0) is 9.53 Å². The fraction of sp³-hybridized carbons (Fsp3) is 0.263. The zero-order valence-electron chi connectivity index (χ0n) is 14.2. The summed E-state index contributed by atoms with van der Waals surface area (Å²) < 4.78 is 4.78. The van der Waals surface area contributed by atoms with Crippen LogP contribution in [0.1, 0.15) is 16.8 Å². The van der Waals surface area contributed by atoms with E-state index in [9.17, 15) is 14.7 Å². The number of carbonyl (C=O) groups excluding carboxylic acids is 2. The van der Waals surface area contributed by atoms with Crippen LogP contribution < -0.4 is 5.32 Å². The van der Waals surface area contributed by atoms with E-state index in [1.165, 1.54) is 13.2 Å². The SMILES string of the molecule is COC(=O)[C@H](CCSC)NC(=O)c1ccc(O)cc1-c1ccccc1.